The highest BCUT2D eigenvalue weighted by Crippen LogP contribution is 2.34. The minimum absolute atomic E-state index is 0.510. The van der Waals surface area contributed by atoms with Gasteiger partial charge in [-0.1, -0.05) is 103 Å². The first-order chi connectivity index (χ1) is 25.9. The number of rotatable bonds is 12. The van der Waals surface area contributed by atoms with Crippen molar-refractivity contribution in [1.29, 1.82) is 5.26 Å². The van der Waals surface area contributed by atoms with Gasteiger partial charge in [0.1, 0.15) is 5.01 Å². The Hall–Kier alpha value is -6.95. The van der Waals surface area contributed by atoms with Crippen LogP contribution in [0.15, 0.2) is 161 Å². The lowest BCUT2D eigenvalue weighted by Crippen LogP contribution is -1.98. The van der Waals surface area contributed by atoms with Crippen molar-refractivity contribution >= 4 is 33.3 Å². The molecule has 0 aliphatic heterocycles. The smallest absolute Gasteiger partial charge is 0.124 e. The van der Waals surface area contributed by atoms with Gasteiger partial charge in [0.2, 0.25) is 0 Å². The highest BCUT2D eigenvalue weighted by Gasteiger charge is 2.15. The van der Waals surface area contributed by atoms with Crippen molar-refractivity contribution in [3.05, 3.63) is 179 Å². The third-order valence-corrected chi connectivity index (χ3v) is 9.54. The summed E-state index contributed by atoms with van der Waals surface area (Å²) in [5.41, 5.74) is 11.4. The Labute approximate surface area is 317 Å². The minimum atomic E-state index is 0.510. The maximum atomic E-state index is 10.1. The molecule has 0 radical (unpaired) electrons. The maximum Gasteiger partial charge on any atom is 0.124 e. The van der Waals surface area contributed by atoms with Crippen molar-refractivity contribution in [1.82, 2.24) is 4.98 Å². The van der Waals surface area contributed by atoms with Crippen molar-refractivity contribution in [3.63, 3.8) is 0 Å². The number of nitriles is 1. The number of benzene rings is 4. The molecule has 4 aromatic carbocycles. The van der Waals surface area contributed by atoms with Crippen LogP contribution in [-0.2, 0) is 12.8 Å². The molecule has 0 aliphatic carbocycles. The predicted octanol–water partition coefficient (Wildman–Crippen LogP) is 11.5. The number of fused-ring (bicyclic) bond motifs is 1. The van der Waals surface area contributed by atoms with E-state index in [-0.39, 0.29) is 0 Å². The Bertz CT molecular complexity index is 2470. The number of hydrogen-bond donors (Lipinski definition) is 0. The fourth-order valence-corrected chi connectivity index (χ4v) is 6.90. The normalized spacial score (nSPS) is 12.6. The summed E-state index contributed by atoms with van der Waals surface area (Å²) in [6, 6.07) is 32.9. The Morgan fingerprint density at radius 1 is 0.849 bits per heavy atom. The summed E-state index contributed by atoms with van der Waals surface area (Å²) in [6.07, 6.45) is 31.3. The fourth-order valence-electron chi connectivity index (χ4n) is 5.93. The van der Waals surface area contributed by atoms with Gasteiger partial charge in [-0.3, -0.25) is 4.99 Å². The topological polar surface area (TPSA) is 49.0 Å². The quantitative estimate of drug-likeness (QED) is 0.0739. The number of aliphatic imine (C=N–C) groups is 1. The van der Waals surface area contributed by atoms with Crippen LogP contribution in [0.4, 0.5) is 0 Å². The van der Waals surface area contributed by atoms with Crippen molar-refractivity contribution in [3.8, 4) is 64.8 Å². The molecule has 254 valence electrons. The summed E-state index contributed by atoms with van der Waals surface area (Å²) >= 11 is 1.68. The number of terminal acetylenes is 3. The van der Waals surface area contributed by atoms with Crippen LogP contribution < -0.4 is 0 Å². The van der Waals surface area contributed by atoms with Gasteiger partial charge in [0, 0.05) is 30.2 Å². The molecular formula is C49H37N3S. The van der Waals surface area contributed by atoms with Gasteiger partial charge in [0.25, 0.3) is 0 Å². The Morgan fingerprint density at radius 3 is 2.19 bits per heavy atom. The molecule has 0 bridgehead atoms. The van der Waals surface area contributed by atoms with Gasteiger partial charge in [-0.15, -0.1) is 30.6 Å². The zero-order chi connectivity index (χ0) is 37.6. The molecule has 0 aliphatic rings. The second-order valence-corrected chi connectivity index (χ2v) is 12.9. The first-order valence-electron chi connectivity index (χ1n) is 17.0. The fraction of sp³-hybridized carbons (Fsp3) is 0.0816. The molecular weight excluding hydrogens is 663 g/mol. The first kappa shape index (κ1) is 37.3. The standard InChI is InChI=1S/C49H37N3S/c1-7-13-18-38(10-4)47(51-12-6)32-36-21-25-40(26-22-36)42-30-37(34-50)31-43(33-42)45(17-9-3)44(16-8-2)39(11-5)29-35-23-27-41(28-24-35)49-52-46-19-14-15-20-48(46)53-49/h1,3,5,8,10,12-28,30-31,33H,4,29,32H2,2,6H3/b16-8-,18-13-,44-39-,45-17-,47-38+,51-12?. The second-order valence-electron chi connectivity index (χ2n) is 11.9. The minimum Gasteiger partial charge on any atom is -0.265 e. The molecule has 0 saturated heterocycles. The summed E-state index contributed by atoms with van der Waals surface area (Å²) in [7, 11) is 0. The van der Waals surface area contributed by atoms with Gasteiger partial charge in [-0.25, -0.2) is 4.98 Å². The summed E-state index contributed by atoms with van der Waals surface area (Å²) in [4.78, 5) is 9.38. The number of nitrogens with zero attached hydrogens (tertiary/aromatic N) is 3. The third kappa shape index (κ3) is 9.24. The molecule has 0 fully saturated rings. The van der Waals surface area contributed by atoms with Gasteiger partial charge in [-0.05, 0) is 107 Å². The largest absolute Gasteiger partial charge is 0.265 e. The molecule has 1 heterocycles. The van der Waals surface area contributed by atoms with E-state index in [0.29, 0.717) is 18.4 Å². The van der Waals surface area contributed by atoms with E-state index < -0.39 is 0 Å². The molecule has 0 atom stereocenters. The van der Waals surface area contributed by atoms with Crippen molar-refractivity contribution in [2.45, 2.75) is 26.7 Å². The number of thiazole rings is 1. The molecule has 5 aromatic rings. The zero-order valence-corrected chi connectivity index (χ0v) is 30.6. The predicted molar refractivity (Wildman–Crippen MR) is 226 cm³/mol. The second kappa shape index (κ2) is 18.3. The maximum absolute atomic E-state index is 10.1. The molecule has 53 heavy (non-hydrogen) atoms. The lowest BCUT2D eigenvalue weighted by Gasteiger charge is -2.15. The van der Waals surface area contributed by atoms with E-state index >= 15 is 0 Å². The van der Waals surface area contributed by atoms with Crippen LogP contribution in [0.5, 0.6) is 0 Å². The SMILES string of the molecule is C#C/C=C\C(C=C)=C(/Cc1ccc(-c2cc(C#N)cc(C(=C/C#C)/C(/C=C\C)=C(/C#C)Cc3ccc(-c4nc5ccccc5s4)cc3)c2)cc1)N=CC. The Kier molecular flexibility index (Phi) is 12.9. The van der Waals surface area contributed by atoms with E-state index in [9.17, 15) is 5.26 Å². The van der Waals surface area contributed by atoms with E-state index in [0.717, 1.165) is 76.6 Å². The van der Waals surface area contributed by atoms with Crippen LogP contribution >= 0.6 is 11.3 Å². The molecule has 0 spiro atoms. The van der Waals surface area contributed by atoms with E-state index in [1.807, 2.05) is 74.5 Å². The van der Waals surface area contributed by atoms with Gasteiger partial charge in [-0.2, -0.15) is 5.26 Å². The van der Waals surface area contributed by atoms with Gasteiger partial charge < -0.3 is 0 Å². The number of allylic oxidation sites excluding steroid dienone is 11. The van der Waals surface area contributed by atoms with Gasteiger partial charge in [0.05, 0.1) is 27.5 Å². The molecule has 0 amide bonds. The van der Waals surface area contributed by atoms with Crippen LogP contribution in [-0.4, -0.2) is 11.2 Å². The molecule has 0 unspecified atom stereocenters. The summed E-state index contributed by atoms with van der Waals surface area (Å²) in [6.45, 7) is 7.76. The average molecular weight is 700 g/mol. The molecule has 0 saturated carbocycles. The summed E-state index contributed by atoms with van der Waals surface area (Å²) in [5, 5.41) is 11.1. The van der Waals surface area contributed by atoms with Crippen molar-refractivity contribution < 1.29 is 0 Å². The van der Waals surface area contributed by atoms with E-state index in [1.54, 1.807) is 35.8 Å². The third-order valence-electron chi connectivity index (χ3n) is 8.46. The molecule has 5 rings (SSSR count). The molecule has 3 nitrogen and oxygen atoms in total. The van der Waals surface area contributed by atoms with Crippen LogP contribution in [0.2, 0.25) is 0 Å². The van der Waals surface area contributed by atoms with Crippen LogP contribution in [0, 0.1) is 48.4 Å². The van der Waals surface area contributed by atoms with Crippen molar-refractivity contribution in [2.75, 3.05) is 0 Å². The first-order valence-corrected chi connectivity index (χ1v) is 17.8. The number of hydrogen-bond acceptors (Lipinski definition) is 4. The summed E-state index contributed by atoms with van der Waals surface area (Å²) in [5.74, 6) is 8.19. The lowest BCUT2D eigenvalue weighted by molar-refractivity contribution is 1.09. The molecule has 1 aromatic heterocycles. The number of aromatic nitrogens is 1. The van der Waals surface area contributed by atoms with E-state index in [4.69, 9.17) is 24.3 Å². The Balaban J connectivity index is 1.49. The lowest BCUT2D eigenvalue weighted by atomic mass is 9.88. The molecule has 4 heteroatoms. The monoisotopic (exact) mass is 699 g/mol. The van der Waals surface area contributed by atoms with Gasteiger partial charge in [0.15, 0.2) is 0 Å². The highest BCUT2D eigenvalue weighted by molar-refractivity contribution is 7.21. The van der Waals surface area contributed by atoms with Crippen LogP contribution in [0.3, 0.4) is 0 Å². The van der Waals surface area contributed by atoms with Crippen LogP contribution in [0.25, 0.3) is 37.5 Å². The van der Waals surface area contributed by atoms with E-state index in [1.165, 1.54) is 0 Å². The number of para-hydroxylation sites is 1. The molecule has 0 N–H and O–H groups in total. The van der Waals surface area contributed by atoms with Gasteiger partial charge >= 0.3 is 0 Å². The van der Waals surface area contributed by atoms with E-state index in [2.05, 4.69) is 83.9 Å². The van der Waals surface area contributed by atoms with Crippen molar-refractivity contribution in [2.24, 2.45) is 4.99 Å². The average Bonchev–Trinajstić information content (AvgIpc) is 3.63. The van der Waals surface area contributed by atoms with Crippen LogP contribution in [0.1, 0.15) is 36.1 Å². The Morgan fingerprint density at radius 2 is 1.57 bits per heavy atom. The zero-order valence-electron chi connectivity index (χ0n) is 29.8. The highest BCUT2D eigenvalue weighted by atomic mass is 32.1. The summed E-state index contributed by atoms with van der Waals surface area (Å²) < 4.78 is 1.16.